The zero-order chi connectivity index (χ0) is 17.4. The summed E-state index contributed by atoms with van der Waals surface area (Å²) < 4.78 is 1.65. The number of aliphatic carboxylic acids is 1. The van der Waals surface area contributed by atoms with Crippen molar-refractivity contribution >= 4 is 34.6 Å². The van der Waals surface area contributed by atoms with Crippen LogP contribution in [0.1, 0.15) is 27.2 Å². The highest BCUT2D eigenvalue weighted by atomic mass is 35.5. The first-order chi connectivity index (χ1) is 11.4. The lowest BCUT2D eigenvalue weighted by Crippen LogP contribution is -2.08. The Bertz CT molecular complexity index is 959. The van der Waals surface area contributed by atoms with Crippen molar-refractivity contribution in [3.63, 3.8) is 0 Å². The van der Waals surface area contributed by atoms with Gasteiger partial charge in [0.25, 0.3) is 0 Å². The quantitative estimate of drug-likeness (QED) is 0.712. The molecule has 3 rings (SSSR count). The predicted octanol–water partition coefficient (Wildman–Crippen LogP) is 3.34. The van der Waals surface area contributed by atoms with Crippen LogP contribution in [0.25, 0.3) is 5.52 Å². The highest BCUT2D eigenvalue weighted by Gasteiger charge is 2.23. The number of benzene rings is 1. The van der Waals surface area contributed by atoms with Gasteiger partial charge in [0.15, 0.2) is 0 Å². The zero-order valence-corrected chi connectivity index (χ0v) is 13.7. The lowest BCUT2D eigenvalue weighted by Gasteiger charge is -2.04. The normalized spacial score (nSPS) is 10.9. The Morgan fingerprint density at radius 3 is 2.50 bits per heavy atom. The number of aryl methyl sites for hydroxylation is 1. The lowest BCUT2D eigenvalue weighted by atomic mass is 10.1. The SMILES string of the molecule is Cc1ccn2c(C(=O)c3ccc(Cl)cc3)c(N)c(CC(=O)O)c2c1. The van der Waals surface area contributed by atoms with E-state index in [1.54, 1.807) is 34.9 Å². The summed E-state index contributed by atoms with van der Waals surface area (Å²) in [7, 11) is 0. The van der Waals surface area contributed by atoms with Crippen LogP contribution in [0.5, 0.6) is 0 Å². The number of nitrogens with two attached hydrogens (primary N) is 1. The van der Waals surface area contributed by atoms with E-state index in [0.29, 0.717) is 21.7 Å². The first-order valence-electron chi connectivity index (χ1n) is 7.29. The Morgan fingerprint density at radius 1 is 1.21 bits per heavy atom. The Labute approximate surface area is 143 Å². The van der Waals surface area contributed by atoms with E-state index in [1.807, 2.05) is 19.1 Å². The smallest absolute Gasteiger partial charge is 0.307 e. The maximum Gasteiger partial charge on any atom is 0.307 e. The highest BCUT2D eigenvalue weighted by Crippen LogP contribution is 2.29. The van der Waals surface area contributed by atoms with E-state index in [-0.39, 0.29) is 23.6 Å². The second kappa shape index (κ2) is 6.02. The number of carbonyl (C=O) groups is 2. The number of rotatable bonds is 4. The molecule has 0 aliphatic heterocycles. The molecule has 0 spiro atoms. The van der Waals surface area contributed by atoms with Gasteiger partial charge in [-0.3, -0.25) is 9.59 Å². The number of carbonyl (C=O) groups excluding carboxylic acids is 1. The van der Waals surface area contributed by atoms with Gasteiger partial charge < -0.3 is 15.2 Å². The molecule has 3 aromatic rings. The molecule has 1 aromatic carbocycles. The summed E-state index contributed by atoms with van der Waals surface area (Å²) in [6.07, 6.45) is 1.49. The minimum atomic E-state index is -0.999. The summed E-state index contributed by atoms with van der Waals surface area (Å²) in [6, 6.07) is 10.2. The number of anilines is 1. The molecule has 0 fully saturated rings. The van der Waals surface area contributed by atoms with Crippen molar-refractivity contribution in [1.82, 2.24) is 4.40 Å². The molecule has 0 saturated carbocycles. The molecule has 2 heterocycles. The standard InChI is InChI=1S/C18H15ClN2O3/c1-10-6-7-21-14(8-10)13(9-15(22)23)16(20)17(21)18(24)11-2-4-12(19)5-3-11/h2-8H,9,20H2,1H3,(H,22,23). The molecule has 122 valence electrons. The van der Waals surface area contributed by atoms with Crippen LogP contribution in [0, 0.1) is 6.92 Å². The maximum atomic E-state index is 12.9. The molecule has 0 atom stereocenters. The summed E-state index contributed by atoms with van der Waals surface area (Å²) >= 11 is 5.86. The van der Waals surface area contributed by atoms with Gasteiger partial charge >= 0.3 is 5.97 Å². The first-order valence-corrected chi connectivity index (χ1v) is 7.67. The number of aromatic nitrogens is 1. The Kier molecular flexibility index (Phi) is 4.03. The van der Waals surface area contributed by atoms with Gasteiger partial charge in [0, 0.05) is 22.3 Å². The Morgan fingerprint density at radius 2 is 1.88 bits per heavy atom. The number of fused-ring (bicyclic) bond motifs is 1. The maximum absolute atomic E-state index is 12.9. The topological polar surface area (TPSA) is 84.8 Å². The highest BCUT2D eigenvalue weighted by molar-refractivity contribution is 6.30. The second-order valence-electron chi connectivity index (χ2n) is 5.61. The van der Waals surface area contributed by atoms with Gasteiger partial charge in [0.05, 0.1) is 17.6 Å². The van der Waals surface area contributed by atoms with Crippen LogP contribution in [-0.2, 0) is 11.2 Å². The third-order valence-corrected chi connectivity index (χ3v) is 4.14. The van der Waals surface area contributed by atoms with E-state index in [4.69, 9.17) is 22.4 Å². The first kappa shape index (κ1) is 16.1. The number of pyridine rings is 1. The zero-order valence-electron chi connectivity index (χ0n) is 12.9. The summed E-state index contributed by atoms with van der Waals surface area (Å²) in [5.74, 6) is -1.28. The molecule has 24 heavy (non-hydrogen) atoms. The van der Waals surface area contributed by atoms with Crippen molar-refractivity contribution in [3.8, 4) is 0 Å². The van der Waals surface area contributed by atoms with Gasteiger partial charge in [0.2, 0.25) is 5.78 Å². The molecule has 0 saturated heterocycles. The van der Waals surface area contributed by atoms with Crippen LogP contribution < -0.4 is 5.73 Å². The van der Waals surface area contributed by atoms with Crippen LogP contribution in [0.4, 0.5) is 5.69 Å². The van der Waals surface area contributed by atoms with Crippen LogP contribution in [-0.4, -0.2) is 21.3 Å². The molecule has 5 nitrogen and oxygen atoms in total. The predicted molar refractivity (Wildman–Crippen MR) is 92.8 cm³/mol. The number of carboxylic acid groups (broad SMARTS) is 1. The fourth-order valence-electron chi connectivity index (χ4n) is 2.75. The Balaban J connectivity index is 2.24. The van der Waals surface area contributed by atoms with Gasteiger partial charge in [0.1, 0.15) is 5.69 Å². The molecule has 0 aliphatic carbocycles. The fourth-order valence-corrected chi connectivity index (χ4v) is 2.88. The van der Waals surface area contributed by atoms with Crippen molar-refractivity contribution in [1.29, 1.82) is 0 Å². The second-order valence-corrected chi connectivity index (χ2v) is 6.04. The van der Waals surface area contributed by atoms with Crippen LogP contribution in [0.3, 0.4) is 0 Å². The van der Waals surface area contributed by atoms with Gasteiger partial charge in [-0.25, -0.2) is 0 Å². The van der Waals surface area contributed by atoms with Crippen LogP contribution >= 0.6 is 11.6 Å². The molecule has 0 amide bonds. The van der Waals surface area contributed by atoms with Gasteiger partial charge in [-0.15, -0.1) is 0 Å². The van der Waals surface area contributed by atoms with Crippen LogP contribution in [0.2, 0.25) is 5.02 Å². The van der Waals surface area contributed by atoms with Crippen molar-refractivity contribution in [3.05, 3.63) is 70.0 Å². The van der Waals surface area contributed by atoms with E-state index >= 15 is 0 Å². The number of nitrogen functional groups attached to an aromatic ring is 1. The molecule has 3 N–H and O–H groups in total. The third-order valence-electron chi connectivity index (χ3n) is 3.89. The Hall–Kier alpha value is -2.79. The molecule has 2 aromatic heterocycles. The van der Waals surface area contributed by atoms with Crippen LogP contribution in [0.15, 0.2) is 42.6 Å². The molecular weight excluding hydrogens is 328 g/mol. The minimum Gasteiger partial charge on any atom is -0.481 e. The largest absolute Gasteiger partial charge is 0.481 e. The summed E-state index contributed by atoms with van der Waals surface area (Å²) in [4.78, 5) is 24.1. The number of halogens is 1. The number of hydrogen-bond donors (Lipinski definition) is 2. The summed E-state index contributed by atoms with van der Waals surface area (Å²) in [5.41, 5.74) is 9.09. The molecular formula is C18H15ClN2O3. The third kappa shape index (κ3) is 2.74. The number of carboxylic acids is 1. The monoisotopic (exact) mass is 342 g/mol. The van der Waals surface area contributed by atoms with Crippen molar-refractivity contribution in [2.75, 3.05) is 5.73 Å². The van der Waals surface area contributed by atoms with E-state index in [0.717, 1.165) is 5.56 Å². The van der Waals surface area contributed by atoms with E-state index in [1.165, 1.54) is 0 Å². The summed E-state index contributed by atoms with van der Waals surface area (Å²) in [6.45, 7) is 1.90. The van der Waals surface area contributed by atoms with Gasteiger partial charge in [-0.1, -0.05) is 11.6 Å². The van der Waals surface area contributed by atoms with Gasteiger partial charge in [-0.05, 0) is 48.9 Å². The number of hydrogen-bond acceptors (Lipinski definition) is 3. The summed E-state index contributed by atoms with van der Waals surface area (Å²) in [5, 5.41) is 9.68. The molecule has 6 heteroatoms. The van der Waals surface area contributed by atoms with E-state index < -0.39 is 5.97 Å². The van der Waals surface area contributed by atoms with Crippen molar-refractivity contribution in [2.24, 2.45) is 0 Å². The average molecular weight is 343 g/mol. The molecule has 0 unspecified atom stereocenters. The molecule has 0 aliphatic rings. The molecule has 0 radical (unpaired) electrons. The van der Waals surface area contributed by atoms with Crippen molar-refractivity contribution in [2.45, 2.75) is 13.3 Å². The minimum absolute atomic E-state index is 0.197. The number of ketones is 1. The van der Waals surface area contributed by atoms with Crippen molar-refractivity contribution < 1.29 is 14.7 Å². The number of nitrogens with zero attached hydrogens (tertiary/aromatic N) is 1. The van der Waals surface area contributed by atoms with E-state index in [2.05, 4.69) is 0 Å². The van der Waals surface area contributed by atoms with Gasteiger partial charge in [-0.2, -0.15) is 0 Å². The fraction of sp³-hybridized carbons (Fsp3) is 0.111. The lowest BCUT2D eigenvalue weighted by molar-refractivity contribution is -0.136. The average Bonchev–Trinajstić information content (AvgIpc) is 2.79. The van der Waals surface area contributed by atoms with E-state index in [9.17, 15) is 9.59 Å². The molecule has 0 bridgehead atoms.